The molecule has 7 heteroatoms. The molecule has 2 bridgehead atoms. The number of nitrogens with two attached hydrogens (primary N) is 1. The standard InChI is InChI=1S/C22H22F4N2O/c1-21(2)13-10-11-6-4-5-7-12(11)22(21,3)8-9-28(13)20(29)14-15(23)17(25)19(27)18(26)16(14)24/h4-7,13H,8-10,27H2,1-3H3/t13-,22+/m1/s1. The Kier molecular flexibility index (Phi) is 4.23. The molecule has 4 rings (SSSR count). The van der Waals surface area contributed by atoms with Crippen LogP contribution in [0, 0.1) is 28.7 Å². The normalized spacial score (nSPS) is 24.9. The Morgan fingerprint density at radius 2 is 1.62 bits per heavy atom. The summed E-state index contributed by atoms with van der Waals surface area (Å²) in [5.74, 6) is -8.07. The summed E-state index contributed by atoms with van der Waals surface area (Å²) in [6.45, 7) is 6.39. The third-order valence-electron chi connectivity index (χ3n) is 7.28. The Morgan fingerprint density at radius 1 is 1.03 bits per heavy atom. The maximum absolute atomic E-state index is 14.4. The molecule has 1 amide bonds. The van der Waals surface area contributed by atoms with E-state index in [-0.39, 0.29) is 18.0 Å². The molecule has 1 aliphatic carbocycles. The largest absolute Gasteiger partial charge is 0.394 e. The van der Waals surface area contributed by atoms with Crippen LogP contribution in [0.15, 0.2) is 24.3 Å². The van der Waals surface area contributed by atoms with Crippen molar-refractivity contribution in [1.29, 1.82) is 0 Å². The van der Waals surface area contributed by atoms with Crippen molar-refractivity contribution in [3.63, 3.8) is 0 Å². The Morgan fingerprint density at radius 3 is 2.24 bits per heavy atom. The molecule has 0 radical (unpaired) electrons. The second kappa shape index (κ2) is 6.21. The van der Waals surface area contributed by atoms with Crippen LogP contribution >= 0.6 is 0 Å². The number of hydrogen-bond donors (Lipinski definition) is 1. The van der Waals surface area contributed by atoms with Crippen LogP contribution in [0.5, 0.6) is 0 Å². The Bertz CT molecular complexity index is 1010. The molecule has 0 unspecified atom stereocenters. The second-order valence-corrected chi connectivity index (χ2v) is 8.72. The lowest BCUT2D eigenvalue weighted by Gasteiger charge is -2.60. The van der Waals surface area contributed by atoms with E-state index in [1.807, 2.05) is 32.0 Å². The zero-order chi connectivity index (χ0) is 21.3. The molecular weight excluding hydrogens is 384 g/mol. The average Bonchev–Trinajstić information content (AvgIpc) is 2.67. The molecule has 2 N–H and O–H groups in total. The molecule has 2 aliphatic rings. The summed E-state index contributed by atoms with van der Waals surface area (Å²) < 4.78 is 56.7. The Balaban J connectivity index is 1.83. The number of carbonyl (C=O) groups is 1. The van der Waals surface area contributed by atoms with Gasteiger partial charge in [-0.05, 0) is 29.4 Å². The number of nitrogen functional groups attached to an aromatic ring is 1. The van der Waals surface area contributed by atoms with Crippen molar-refractivity contribution in [2.75, 3.05) is 12.3 Å². The highest BCUT2D eigenvalue weighted by atomic mass is 19.2. The SMILES string of the molecule is CC1(C)[C@H]2Cc3ccccc3[C@]1(C)CCN2C(=O)c1c(F)c(F)c(N)c(F)c1F. The highest BCUT2D eigenvalue weighted by Crippen LogP contribution is 2.56. The predicted octanol–water partition coefficient (Wildman–Crippen LogP) is 4.58. The number of hydrogen-bond acceptors (Lipinski definition) is 2. The van der Waals surface area contributed by atoms with E-state index >= 15 is 0 Å². The van der Waals surface area contributed by atoms with Gasteiger partial charge in [0.25, 0.3) is 5.91 Å². The molecule has 2 atom stereocenters. The fourth-order valence-electron chi connectivity index (χ4n) is 5.09. The van der Waals surface area contributed by atoms with Crippen molar-refractivity contribution >= 4 is 11.6 Å². The van der Waals surface area contributed by atoms with E-state index in [0.717, 1.165) is 5.56 Å². The van der Waals surface area contributed by atoms with Crippen LogP contribution in [0.2, 0.25) is 0 Å². The van der Waals surface area contributed by atoms with Gasteiger partial charge in [-0.3, -0.25) is 4.79 Å². The van der Waals surface area contributed by atoms with Gasteiger partial charge in [0.2, 0.25) is 0 Å². The second-order valence-electron chi connectivity index (χ2n) is 8.72. The van der Waals surface area contributed by atoms with Gasteiger partial charge in [-0.25, -0.2) is 17.6 Å². The molecule has 0 saturated carbocycles. The van der Waals surface area contributed by atoms with Gasteiger partial charge in [-0.1, -0.05) is 45.0 Å². The van der Waals surface area contributed by atoms with E-state index in [9.17, 15) is 22.4 Å². The summed E-state index contributed by atoms with van der Waals surface area (Å²) in [6.07, 6.45) is 1.05. The highest BCUT2D eigenvalue weighted by Gasteiger charge is 2.57. The first-order chi connectivity index (χ1) is 13.5. The molecule has 1 aliphatic heterocycles. The van der Waals surface area contributed by atoms with E-state index < -0.39 is 45.8 Å². The Labute approximate surface area is 166 Å². The average molecular weight is 406 g/mol. The van der Waals surface area contributed by atoms with Gasteiger partial charge in [0.15, 0.2) is 23.3 Å². The quantitative estimate of drug-likeness (QED) is 0.428. The number of amides is 1. The van der Waals surface area contributed by atoms with Gasteiger partial charge in [-0.2, -0.15) is 0 Å². The lowest BCUT2D eigenvalue weighted by Crippen LogP contribution is -2.65. The summed E-state index contributed by atoms with van der Waals surface area (Å²) in [7, 11) is 0. The van der Waals surface area contributed by atoms with Crippen LogP contribution < -0.4 is 5.73 Å². The Hall–Kier alpha value is -2.57. The van der Waals surface area contributed by atoms with Crippen molar-refractivity contribution in [1.82, 2.24) is 4.90 Å². The van der Waals surface area contributed by atoms with Gasteiger partial charge in [0.1, 0.15) is 11.3 Å². The fourth-order valence-corrected chi connectivity index (χ4v) is 5.09. The van der Waals surface area contributed by atoms with Crippen molar-refractivity contribution in [3.05, 3.63) is 64.2 Å². The zero-order valence-electron chi connectivity index (χ0n) is 16.5. The van der Waals surface area contributed by atoms with Gasteiger partial charge < -0.3 is 10.6 Å². The van der Waals surface area contributed by atoms with Crippen LogP contribution in [0.3, 0.4) is 0 Å². The minimum Gasteiger partial charge on any atom is -0.394 e. The van der Waals surface area contributed by atoms with Crippen LogP contribution in [0.1, 0.15) is 48.7 Å². The first-order valence-corrected chi connectivity index (χ1v) is 9.53. The third-order valence-corrected chi connectivity index (χ3v) is 7.28. The number of piperidine rings is 1. The first kappa shape index (κ1) is 19.7. The van der Waals surface area contributed by atoms with E-state index in [2.05, 4.69) is 13.0 Å². The van der Waals surface area contributed by atoms with Crippen molar-refractivity contribution in [2.45, 2.75) is 45.1 Å². The summed E-state index contributed by atoms with van der Waals surface area (Å²) in [4.78, 5) is 14.5. The van der Waals surface area contributed by atoms with Crippen LogP contribution in [-0.4, -0.2) is 23.4 Å². The number of halogens is 4. The number of benzene rings is 2. The predicted molar refractivity (Wildman–Crippen MR) is 101 cm³/mol. The summed E-state index contributed by atoms with van der Waals surface area (Å²) in [5.41, 5.74) is 4.16. The van der Waals surface area contributed by atoms with Crippen molar-refractivity contribution in [2.24, 2.45) is 5.41 Å². The highest BCUT2D eigenvalue weighted by molar-refractivity contribution is 5.96. The molecule has 29 heavy (non-hydrogen) atoms. The molecular formula is C22H22F4N2O. The molecule has 1 saturated heterocycles. The summed E-state index contributed by atoms with van der Waals surface area (Å²) in [5, 5.41) is 0. The molecule has 2 aromatic carbocycles. The molecule has 154 valence electrons. The number of carbonyl (C=O) groups excluding carboxylic acids is 1. The molecule has 1 fully saturated rings. The minimum atomic E-state index is -1.76. The maximum atomic E-state index is 14.4. The molecule has 2 aromatic rings. The van der Waals surface area contributed by atoms with Crippen molar-refractivity contribution in [3.8, 4) is 0 Å². The van der Waals surface area contributed by atoms with Gasteiger partial charge in [-0.15, -0.1) is 0 Å². The third kappa shape index (κ3) is 2.45. The van der Waals surface area contributed by atoms with Crippen molar-refractivity contribution < 1.29 is 22.4 Å². The van der Waals surface area contributed by atoms with Crippen LogP contribution in [0.25, 0.3) is 0 Å². The zero-order valence-corrected chi connectivity index (χ0v) is 16.5. The van der Waals surface area contributed by atoms with Gasteiger partial charge in [0.05, 0.1) is 0 Å². The van der Waals surface area contributed by atoms with Crippen LogP contribution in [0.4, 0.5) is 23.2 Å². The number of likely N-dealkylation sites (tertiary alicyclic amines) is 1. The van der Waals surface area contributed by atoms with E-state index in [1.54, 1.807) is 0 Å². The van der Waals surface area contributed by atoms with Crippen LogP contribution in [-0.2, 0) is 11.8 Å². The monoisotopic (exact) mass is 406 g/mol. The minimum absolute atomic E-state index is 0.226. The number of anilines is 1. The molecule has 1 heterocycles. The number of fused-ring (bicyclic) bond motifs is 4. The smallest absolute Gasteiger partial charge is 0.260 e. The lowest BCUT2D eigenvalue weighted by atomic mass is 9.51. The van der Waals surface area contributed by atoms with E-state index in [4.69, 9.17) is 5.73 Å². The topological polar surface area (TPSA) is 46.3 Å². The fraction of sp³-hybridized carbons (Fsp3) is 0.409. The van der Waals surface area contributed by atoms with E-state index in [0.29, 0.717) is 12.8 Å². The molecule has 0 aromatic heterocycles. The summed E-state index contributed by atoms with van der Waals surface area (Å²) in [6, 6.07) is 7.56. The van der Waals surface area contributed by atoms with Gasteiger partial charge in [0, 0.05) is 18.0 Å². The molecule has 3 nitrogen and oxygen atoms in total. The van der Waals surface area contributed by atoms with E-state index in [1.165, 1.54) is 10.5 Å². The lowest BCUT2D eigenvalue weighted by molar-refractivity contribution is -0.0266. The van der Waals surface area contributed by atoms with Gasteiger partial charge >= 0.3 is 0 Å². The summed E-state index contributed by atoms with van der Waals surface area (Å²) >= 11 is 0. The molecule has 0 spiro atoms. The number of rotatable bonds is 1. The maximum Gasteiger partial charge on any atom is 0.260 e. The number of nitrogens with zero attached hydrogens (tertiary/aromatic N) is 1. The first-order valence-electron chi connectivity index (χ1n) is 9.53.